The van der Waals surface area contributed by atoms with Gasteiger partial charge in [-0.25, -0.2) is 0 Å². The molecule has 0 spiro atoms. The van der Waals surface area contributed by atoms with Crippen molar-refractivity contribution in [2.75, 3.05) is 19.6 Å². The predicted octanol–water partition coefficient (Wildman–Crippen LogP) is 4.15. The van der Waals surface area contributed by atoms with Crippen molar-refractivity contribution in [3.05, 3.63) is 58.0 Å². The Balaban J connectivity index is 1.69. The molecule has 1 aliphatic heterocycles. The third-order valence-electron chi connectivity index (χ3n) is 4.08. The van der Waals surface area contributed by atoms with Gasteiger partial charge in [-0.2, -0.15) is 0 Å². The number of nitrogens with one attached hydrogen (secondary N) is 1. The van der Waals surface area contributed by atoms with E-state index in [0.717, 1.165) is 18.8 Å². The maximum absolute atomic E-state index is 12.4. The van der Waals surface area contributed by atoms with Crippen LogP contribution in [-0.2, 0) is 0 Å². The molecule has 1 amide bonds. The van der Waals surface area contributed by atoms with Crippen LogP contribution in [0.2, 0.25) is 10.0 Å². The second-order valence-electron chi connectivity index (χ2n) is 5.61. The van der Waals surface area contributed by atoms with Crippen LogP contribution in [0.25, 0.3) is 0 Å². The van der Waals surface area contributed by atoms with Crippen LogP contribution in [-0.4, -0.2) is 30.4 Å². The fourth-order valence-corrected chi connectivity index (χ4v) is 3.40. The van der Waals surface area contributed by atoms with E-state index in [-0.39, 0.29) is 11.9 Å². The molecule has 1 aromatic carbocycles. The van der Waals surface area contributed by atoms with E-state index in [1.807, 2.05) is 12.1 Å². The molecule has 2 heterocycles. The molecule has 1 N–H and O–H groups in total. The molecule has 2 aromatic rings. The minimum Gasteiger partial charge on any atom is -0.468 e. The monoisotopic (exact) mass is 352 g/mol. The Morgan fingerprint density at radius 1 is 1.26 bits per heavy atom. The minimum absolute atomic E-state index is 0.0440. The summed E-state index contributed by atoms with van der Waals surface area (Å²) < 4.78 is 5.55. The zero-order valence-electron chi connectivity index (χ0n) is 12.6. The van der Waals surface area contributed by atoms with Gasteiger partial charge in [0.2, 0.25) is 0 Å². The topological polar surface area (TPSA) is 45.5 Å². The number of carbonyl (C=O) groups excluding carboxylic acids is 1. The molecule has 0 saturated carbocycles. The number of amides is 1. The first-order chi connectivity index (χ1) is 11.1. The number of benzene rings is 1. The first-order valence-corrected chi connectivity index (χ1v) is 8.41. The van der Waals surface area contributed by atoms with Crippen molar-refractivity contribution in [3.63, 3.8) is 0 Å². The molecule has 3 rings (SSSR count). The number of rotatable bonds is 5. The van der Waals surface area contributed by atoms with Gasteiger partial charge in [-0.3, -0.25) is 9.69 Å². The van der Waals surface area contributed by atoms with Crippen LogP contribution in [0.1, 0.15) is 35.0 Å². The minimum atomic E-state index is -0.206. The van der Waals surface area contributed by atoms with Gasteiger partial charge in [-0.15, -0.1) is 0 Å². The number of hydrogen-bond donors (Lipinski definition) is 1. The molecule has 4 nitrogen and oxygen atoms in total. The molecule has 0 bridgehead atoms. The maximum Gasteiger partial charge on any atom is 0.252 e. The van der Waals surface area contributed by atoms with Gasteiger partial charge in [0.25, 0.3) is 5.91 Å². The highest BCUT2D eigenvalue weighted by Crippen LogP contribution is 2.25. The fourth-order valence-electron chi connectivity index (χ4n) is 2.90. The van der Waals surface area contributed by atoms with Crippen LogP contribution in [0.4, 0.5) is 0 Å². The van der Waals surface area contributed by atoms with Gasteiger partial charge in [0.1, 0.15) is 5.76 Å². The highest BCUT2D eigenvalue weighted by Gasteiger charge is 2.26. The average molecular weight is 353 g/mol. The molecular weight excluding hydrogens is 335 g/mol. The lowest BCUT2D eigenvalue weighted by Crippen LogP contribution is -2.36. The molecule has 122 valence electrons. The van der Waals surface area contributed by atoms with Crippen LogP contribution in [0, 0.1) is 0 Å². The van der Waals surface area contributed by atoms with E-state index in [1.165, 1.54) is 12.8 Å². The SMILES string of the molecule is O=C(NCC(c1ccco1)N1CCCC1)c1ccc(Cl)cc1Cl. The number of likely N-dealkylation sites (tertiary alicyclic amines) is 1. The molecule has 1 aromatic heterocycles. The van der Waals surface area contributed by atoms with Crippen molar-refractivity contribution in [2.24, 2.45) is 0 Å². The average Bonchev–Trinajstić information content (AvgIpc) is 3.21. The standard InChI is InChI=1S/C17H18Cl2N2O2/c18-12-5-6-13(14(19)10-12)17(22)20-11-15(16-4-3-9-23-16)21-7-1-2-8-21/h3-6,9-10,15H,1-2,7-8,11H2,(H,20,22). The molecule has 1 unspecified atom stereocenters. The van der Waals surface area contributed by atoms with E-state index in [9.17, 15) is 4.79 Å². The molecule has 0 radical (unpaired) electrons. The lowest BCUT2D eigenvalue weighted by atomic mass is 10.1. The van der Waals surface area contributed by atoms with Gasteiger partial charge < -0.3 is 9.73 Å². The summed E-state index contributed by atoms with van der Waals surface area (Å²) >= 11 is 12.0. The van der Waals surface area contributed by atoms with Crippen molar-refractivity contribution in [1.29, 1.82) is 0 Å². The van der Waals surface area contributed by atoms with E-state index in [4.69, 9.17) is 27.6 Å². The molecular formula is C17H18Cl2N2O2. The predicted molar refractivity (Wildman–Crippen MR) is 91.1 cm³/mol. The van der Waals surface area contributed by atoms with Crippen LogP contribution < -0.4 is 5.32 Å². The summed E-state index contributed by atoms with van der Waals surface area (Å²) in [4.78, 5) is 14.7. The van der Waals surface area contributed by atoms with Crippen molar-refractivity contribution in [2.45, 2.75) is 18.9 Å². The number of carbonyl (C=O) groups is 1. The number of nitrogens with zero attached hydrogens (tertiary/aromatic N) is 1. The molecule has 1 fully saturated rings. The number of halogens is 2. The van der Waals surface area contributed by atoms with Crippen molar-refractivity contribution < 1.29 is 9.21 Å². The van der Waals surface area contributed by atoms with Crippen molar-refractivity contribution in [3.8, 4) is 0 Å². The second kappa shape index (κ2) is 7.39. The summed E-state index contributed by atoms with van der Waals surface area (Å²) in [6.45, 7) is 2.51. The Bertz CT molecular complexity index is 667. The molecule has 23 heavy (non-hydrogen) atoms. The van der Waals surface area contributed by atoms with E-state index in [1.54, 1.807) is 24.5 Å². The summed E-state index contributed by atoms with van der Waals surface area (Å²) in [7, 11) is 0. The zero-order valence-corrected chi connectivity index (χ0v) is 14.1. The Kier molecular flexibility index (Phi) is 5.26. The van der Waals surface area contributed by atoms with E-state index in [2.05, 4.69) is 10.2 Å². The zero-order chi connectivity index (χ0) is 16.2. The Morgan fingerprint density at radius 2 is 2.04 bits per heavy atom. The summed E-state index contributed by atoms with van der Waals surface area (Å²) in [5, 5.41) is 3.82. The number of furan rings is 1. The van der Waals surface area contributed by atoms with Gasteiger partial charge in [0.05, 0.1) is 22.9 Å². The van der Waals surface area contributed by atoms with Crippen LogP contribution in [0.15, 0.2) is 41.0 Å². The molecule has 6 heteroatoms. The third-order valence-corrected chi connectivity index (χ3v) is 4.63. The number of hydrogen-bond acceptors (Lipinski definition) is 3. The van der Waals surface area contributed by atoms with E-state index < -0.39 is 0 Å². The van der Waals surface area contributed by atoms with Gasteiger partial charge in [0, 0.05) is 11.6 Å². The van der Waals surface area contributed by atoms with Gasteiger partial charge in [0.15, 0.2) is 0 Å². The highest BCUT2D eigenvalue weighted by atomic mass is 35.5. The van der Waals surface area contributed by atoms with Gasteiger partial charge >= 0.3 is 0 Å². The Morgan fingerprint density at radius 3 is 2.70 bits per heavy atom. The van der Waals surface area contributed by atoms with Crippen molar-refractivity contribution >= 4 is 29.1 Å². The first-order valence-electron chi connectivity index (χ1n) is 7.66. The van der Waals surface area contributed by atoms with Gasteiger partial charge in [-0.05, 0) is 56.3 Å². The van der Waals surface area contributed by atoms with E-state index >= 15 is 0 Å². The van der Waals surface area contributed by atoms with Crippen molar-refractivity contribution in [1.82, 2.24) is 10.2 Å². The molecule has 1 aliphatic rings. The fraction of sp³-hybridized carbons (Fsp3) is 0.353. The van der Waals surface area contributed by atoms with E-state index in [0.29, 0.717) is 22.2 Å². The highest BCUT2D eigenvalue weighted by molar-refractivity contribution is 6.36. The molecule has 0 aliphatic carbocycles. The Labute approximate surface area is 145 Å². The lowest BCUT2D eigenvalue weighted by molar-refractivity contribution is 0.0934. The lowest BCUT2D eigenvalue weighted by Gasteiger charge is -2.26. The smallest absolute Gasteiger partial charge is 0.252 e. The largest absolute Gasteiger partial charge is 0.468 e. The summed E-state index contributed by atoms with van der Waals surface area (Å²) in [5.74, 6) is 0.664. The normalized spacial score (nSPS) is 16.4. The molecule has 1 atom stereocenters. The van der Waals surface area contributed by atoms with Crippen LogP contribution in [0.5, 0.6) is 0 Å². The Hall–Kier alpha value is -1.49. The summed E-state index contributed by atoms with van der Waals surface area (Å²) in [6, 6.07) is 8.73. The quantitative estimate of drug-likeness (QED) is 0.878. The summed E-state index contributed by atoms with van der Waals surface area (Å²) in [5.41, 5.74) is 0.427. The van der Waals surface area contributed by atoms with Crippen LogP contribution in [0.3, 0.4) is 0 Å². The van der Waals surface area contributed by atoms with Gasteiger partial charge in [-0.1, -0.05) is 23.2 Å². The summed E-state index contributed by atoms with van der Waals surface area (Å²) in [6.07, 6.45) is 4.01. The third kappa shape index (κ3) is 3.89. The maximum atomic E-state index is 12.4. The van der Waals surface area contributed by atoms with Crippen LogP contribution >= 0.6 is 23.2 Å². The molecule has 1 saturated heterocycles. The first kappa shape index (κ1) is 16.4. The second-order valence-corrected chi connectivity index (χ2v) is 6.45.